The van der Waals surface area contributed by atoms with Crippen LogP contribution in [0.15, 0.2) is 66.0 Å². The maximum atomic E-state index is 14.0. The minimum absolute atomic E-state index is 0.342. The van der Waals surface area contributed by atoms with Gasteiger partial charge in [0, 0.05) is 17.0 Å². The first kappa shape index (κ1) is 20.1. The first-order valence-electron chi connectivity index (χ1n) is 10.2. The molecule has 0 fully saturated rings. The number of anilines is 2. The van der Waals surface area contributed by atoms with Crippen LogP contribution in [-0.4, -0.2) is 26.3 Å². The molecule has 0 amide bonds. The first-order valence-corrected chi connectivity index (χ1v) is 11.1. The molecule has 5 aromatic rings. The Labute approximate surface area is 188 Å². The van der Waals surface area contributed by atoms with Gasteiger partial charge in [0.2, 0.25) is 5.95 Å². The molecule has 8 heteroatoms. The zero-order valence-corrected chi connectivity index (χ0v) is 18.2. The lowest BCUT2D eigenvalue weighted by molar-refractivity contribution is 0.628. The van der Waals surface area contributed by atoms with E-state index in [0.29, 0.717) is 40.6 Å². The predicted octanol–water partition coefficient (Wildman–Crippen LogP) is 5.23. The van der Waals surface area contributed by atoms with Gasteiger partial charge in [0.05, 0.1) is 16.8 Å². The molecule has 3 aromatic heterocycles. The Morgan fingerprint density at radius 3 is 2.72 bits per heavy atom. The molecule has 0 unspecified atom stereocenters. The second-order valence-electron chi connectivity index (χ2n) is 7.50. The lowest BCUT2D eigenvalue weighted by Crippen LogP contribution is -2.08. The summed E-state index contributed by atoms with van der Waals surface area (Å²) in [6, 6.07) is 18.3. The summed E-state index contributed by atoms with van der Waals surface area (Å²) in [6.45, 7) is 2.68. The fourth-order valence-corrected chi connectivity index (χ4v) is 4.35. The summed E-state index contributed by atoms with van der Waals surface area (Å²) in [4.78, 5) is 10.6. The topological polar surface area (TPSA) is 81.7 Å². The number of aromatic nitrogens is 4. The SMILES string of the molecule is Cc1cccc(-n2nc3nc(NCCc4cccs4)nc(-c4cccc(F)c4)c3c2N)c1. The number of thiophene rings is 1. The summed E-state index contributed by atoms with van der Waals surface area (Å²) in [5.41, 5.74) is 10.1. The predicted molar refractivity (Wildman–Crippen MR) is 128 cm³/mol. The largest absolute Gasteiger partial charge is 0.383 e. The van der Waals surface area contributed by atoms with E-state index < -0.39 is 0 Å². The third-order valence-corrected chi connectivity index (χ3v) is 6.08. The van der Waals surface area contributed by atoms with Crippen LogP contribution in [0.1, 0.15) is 10.4 Å². The van der Waals surface area contributed by atoms with Crippen LogP contribution in [0.2, 0.25) is 0 Å². The van der Waals surface area contributed by atoms with Crippen LogP contribution < -0.4 is 11.1 Å². The van der Waals surface area contributed by atoms with E-state index in [4.69, 9.17) is 10.7 Å². The maximum absolute atomic E-state index is 14.0. The Kier molecular flexibility index (Phi) is 5.28. The van der Waals surface area contributed by atoms with Crippen molar-refractivity contribution in [3.05, 3.63) is 82.3 Å². The number of rotatable bonds is 6. The molecule has 2 aromatic carbocycles. The minimum Gasteiger partial charge on any atom is -0.383 e. The quantitative estimate of drug-likeness (QED) is 0.375. The molecule has 0 atom stereocenters. The molecule has 0 aliphatic carbocycles. The molecular weight excluding hydrogens is 423 g/mol. The lowest BCUT2D eigenvalue weighted by atomic mass is 10.1. The van der Waals surface area contributed by atoms with Crippen LogP contribution in [0, 0.1) is 12.7 Å². The van der Waals surface area contributed by atoms with Crippen molar-refractivity contribution in [2.24, 2.45) is 0 Å². The average molecular weight is 445 g/mol. The highest BCUT2D eigenvalue weighted by molar-refractivity contribution is 7.09. The molecule has 0 saturated carbocycles. The first-order chi connectivity index (χ1) is 15.6. The zero-order valence-electron chi connectivity index (χ0n) is 17.4. The van der Waals surface area contributed by atoms with Crippen LogP contribution in [0.3, 0.4) is 0 Å². The molecule has 0 saturated heterocycles. The molecule has 6 nitrogen and oxygen atoms in total. The molecule has 32 heavy (non-hydrogen) atoms. The highest BCUT2D eigenvalue weighted by Gasteiger charge is 2.19. The van der Waals surface area contributed by atoms with Crippen LogP contribution in [-0.2, 0) is 6.42 Å². The number of hydrogen-bond donors (Lipinski definition) is 2. The van der Waals surface area contributed by atoms with E-state index in [1.165, 1.54) is 17.0 Å². The van der Waals surface area contributed by atoms with Crippen molar-refractivity contribution in [2.75, 3.05) is 17.6 Å². The number of nitrogen functional groups attached to an aromatic ring is 1. The van der Waals surface area contributed by atoms with Crippen LogP contribution in [0.5, 0.6) is 0 Å². The van der Waals surface area contributed by atoms with E-state index in [1.54, 1.807) is 22.1 Å². The van der Waals surface area contributed by atoms with E-state index in [0.717, 1.165) is 17.7 Å². The fourth-order valence-electron chi connectivity index (χ4n) is 3.64. The van der Waals surface area contributed by atoms with Crippen molar-refractivity contribution in [3.8, 4) is 16.9 Å². The van der Waals surface area contributed by atoms with Gasteiger partial charge in [-0.2, -0.15) is 4.98 Å². The van der Waals surface area contributed by atoms with Gasteiger partial charge < -0.3 is 11.1 Å². The molecule has 5 rings (SSSR count). The average Bonchev–Trinajstić information content (AvgIpc) is 3.41. The van der Waals surface area contributed by atoms with Crippen molar-refractivity contribution < 1.29 is 4.39 Å². The number of hydrogen-bond acceptors (Lipinski definition) is 6. The lowest BCUT2D eigenvalue weighted by Gasteiger charge is -2.08. The molecule has 0 radical (unpaired) electrons. The summed E-state index contributed by atoms with van der Waals surface area (Å²) >= 11 is 1.71. The Hall–Kier alpha value is -3.78. The van der Waals surface area contributed by atoms with Crippen molar-refractivity contribution in [1.29, 1.82) is 0 Å². The van der Waals surface area contributed by atoms with Gasteiger partial charge in [-0.1, -0.05) is 30.3 Å². The molecule has 3 heterocycles. The molecule has 0 bridgehead atoms. The second-order valence-corrected chi connectivity index (χ2v) is 8.53. The standard InChI is InChI=1S/C24H21FN6S/c1-15-5-2-8-18(13-15)31-22(26)20-21(16-6-3-7-17(25)14-16)28-24(29-23(20)30-31)27-11-10-19-9-4-12-32-19/h2-9,12-14H,10-11,26H2,1H3,(H,27,29,30). The van der Waals surface area contributed by atoms with Crippen LogP contribution in [0.4, 0.5) is 16.2 Å². The van der Waals surface area contributed by atoms with E-state index in [1.807, 2.05) is 43.3 Å². The minimum atomic E-state index is -0.342. The monoisotopic (exact) mass is 444 g/mol. The third kappa shape index (κ3) is 3.92. The second kappa shape index (κ2) is 8.39. The molecular formula is C24H21FN6S. The number of nitrogens with two attached hydrogens (primary N) is 1. The summed E-state index contributed by atoms with van der Waals surface area (Å²) in [5, 5.41) is 10.6. The highest BCUT2D eigenvalue weighted by atomic mass is 32.1. The van der Waals surface area contributed by atoms with E-state index >= 15 is 0 Å². The summed E-state index contributed by atoms with van der Waals surface area (Å²) < 4.78 is 15.7. The Morgan fingerprint density at radius 1 is 1.06 bits per heavy atom. The number of halogens is 1. The third-order valence-electron chi connectivity index (χ3n) is 5.15. The van der Waals surface area contributed by atoms with Crippen molar-refractivity contribution in [1.82, 2.24) is 19.7 Å². The summed E-state index contributed by atoms with van der Waals surface area (Å²) in [5.74, 6) is 0.503. The Balaban J connectivity index is 1.61. The number of nitrogens with zero attached hydrogens (tertiary/aromatic N) is 4. The van der Waals surface area contributed by atoms with Gasteiger partial charge in [0.25, 0.3) is 0 Å². The zero-order chi connectivity index (χ0) is 22.1. The molecule has 0 aliphatic rings. The van der Waals surface area contributed by atoms with Crippen LogP contribution in [0.25, 0.3) is 28.0 Å². The summed E-state index contributed by atoms with van der Waals surface area (Å²) in [7, 11) is 0. The smallest absolute Gasteiger partial charge is 0.225 e. The van der Waals surface area contributed by atoms with Crippen LogP contribution >= 0.6 is 11.3 Å². The van der Waals surface area contributed by atoms with Gasteiger partial charge in [0.1, 0.15) is 11.6 Å². The van der Waals surface area contributed by atoms with Gasteiger partial charge in [-0.25, -0.2) is 14.1 Å². The van der Waals surface area contributed by atoms with E-state index in [2.05, 4.69) is 26.8 Å². The fraction of sp³-hybridized carbons (Fsp3) is 0.125. The number of fused-ring (bicyclic) bond motifs is 1. The molecule has 0 aliphatic heterocycles. The van der Waals surface area contributed by atoms with Gasteiger partial charge >= 0.3 is 0 Å². The normalized spacial score (nSPS) is 11.2. The summed E-state index contributed by atoms with van der Waals surface area (Å²) in [6.07, 6.45) is 0.855. The van der Waals surface area contributed by atoms with Gasteiger partial charge in [-0.05, 0) is 54.6 Å². The van der Waals surface area contributed by atoms with E-state index in [9.17, 15) is 4.39 Å². The van der Waals surface area contributed by atoms with Crippen molar-refractivity contribution in [2.45, 2.75) is 13.3 Å². The maximum Gasteiger partial charge on any atom is 0.225 e. The molecule has 160 valence electrons. The van der Waals surface area contributed by atoms with Gasteiger partial charge in [-0.3, -0.25) is 0 Å². The van der Waals surface area contributed by atoms with Crippen molar-refractivity contribution in [3.63, 3.8) is 0 Å². The van der Waals surface area contributed by atoms with Crippen molar-refractivity contribution >= 4 is 34.1 Å². The number of benzene rings is 2. The Bertz CT molecular complexity index is 1390. The van der Waals surface area contributed by atoms with Gasteiger partial charge in [-0.15, -0.1) is 16.4 Å². The van der Waals surface area contributed by atoms with Gasteiger partial charge in [0.15, 0.2) is 5.65 Å². The highest BCUT2D eigenvalue weighted by Crippen LogP contribution is 2.33. The molecule has 3 N–H and O–H groups in total. The molecule has 0 spiro atoms. The number of aryl methyl sites for hydroxylation is 1. The van der Waals surface area contributed by atoms with E-state index in [-0.39, 0.29) is 5.82 Å². The number of nitrogens with one attached hydrogen (secondary N) is 1. The Morgan fingerprint density at radius 2 is 1.94 bits per heavy atom.